The fourth-order valence-corrected chi connectivity index (χ4v) is 2.57. The maximum Gasteiger partial charge on any atom is 0.238 e. The molecule has 0 aromatic heterocycles. The minimum absolute atomic E-state index is 0.120. The largest absolute Gasteiger partial charge is 0.389 e. The SMILES string of the molecule is CC(O)c1ccc(S(N)(=O)=O)c(C(C)(C)C)c1. The molecule has 0 saturated carbocycles. The molecule has 0 radical (unpaired) electrons. The maximum absolute atomic E-state index is 11.5. The lowest BCUT2D eigenvalue weighted by Gasteiger charge is -2.23. The van der Waals surface area contributed by atoms with Gasteiger partial charge in [-0.05, 0) is 29.5 Å². The first-order chi connectivity index (χ1) is 7.53. The Hall–Kier alpha value is -0.910. The number of benzene rings is 1. The van der Waals surface area contributed by atoms with E-state index in [-0.39, 0.29) is 10.3 Å². The molecule has 5 heteroatoms. The van der Waals surface area contributed by atoms with Gasteiger partial charge in [-0.3, -0.25) is 0 Å². The summed E-state index contributed by atoms with van der Waals surface area (Å²) in [5, 5.41) is 14.7. The fourth-order valence-electron chi connectivity index (χ4n) is 1.64. The molecule has 0 fully saturated rings. The Balaban J connectivity index is 3.55. The molecule has 1 rings (SSSR count). The van der Waals surface area contributed by atoms with Gasteiger partial charge in [-0.2, -0.15) is 0 Å². The van der Waals surface area contributed by atoms with Crippen LogP contribution in [0.5, 0.6) is 0 Å². The molecule has 0 aliphatic heterocycles. The lowest BCUT2D eigenvalue weighted by molar-refractivity contribution is 0.199. The normalized spacial score (nSPS) is 14.7. The van der Waals surface area contributed by atoms with Crippen LogP contribution in [0.4, 0.5) is 0 Å². The molecule has 17 heavy (non-hydrogen) atoms. The van der Waals surface area contributed by atoms with Crippen molar-refractivity contribution < 1.29 is 13.5 Å². The minimum atomic E-state index is -3.74. The van der Waals surface area contributed by atoms with Crippen LogP contribution in [0.15, 0.2) is 23.1 Å². The van der Waals surface area contributed by atoms with Gasteiger partial charge in [-0.15, -0.1) is 0 Å². The molecule has 1 aromatic rings. The Labute approximate surface area is 103 Å². The number of sulfonamides is 1. The first-order valence-electron chi connectivity index (χ1n) is 5.39. The number of rotatable bonds is 2. The molecule has 0 bridgehead atoms. The number of aliphatic hydroxyl groups excluding tert-OH is 1. The van der Waals surface area contributed by atoms with Crippen LogP contribution in [-0.2, 0) is 15.4 Å². The zero-order valence-electron chi connectivity index (χ0n) is 10.6. The van der Waals surface area contributed by atoms with Gasteiger partial charge in [0.25, 0.3) is 0 Å². The first kappa shape index (κ1) is 14.2. The summed E-state index contributed by atoms with van der Waals surface area (Å²) < 4.78 is 23.0. The molecule has 96 valence electrons. The van der Waals surface area contributed by atoms with E-state index in [2.05, 4.69) is 0 Å². The smallest absolute Gasteiger partial charge is 0.238 e. The van der Waals surface area contributed by atoms with E-state index in [4.69, 9.17) is 5.14 Å². The lowest BCUT2D eigenvalue weighted by atomic mass is 9.85. The van der Waals surface area contributed by atoms with E-state index in [9.17, 15) is 13.5 Å². The van der Waals surface area contributed by atoms with Crippen LogP contribution < -0.4 is 5.14 Å². The molecule has 1 atom stereocenters. The topological polar surface area (TPSA) is 80.4 Å². The lowest BCUT2D eigenvalue weighted by Crippen LogP contribution is -2.21. The van der Waals surface area contributed by atoms with Crippen LogP contribution in [0.25, 0.3) is 0 Å². The van der Waals surface area contributed by atoms with Gasteiger partial charge in [0.2, 0.25) is 10.0 Å². The summed E-state index contributed by atoms with van der Waals surface area (Å²) in [6, 6.07) is 4.74. The van der Waals surface area contributed by atoms with E-state index in [0.717, 1.165) is 0 Å². The van der Waals surface area contributed by atoms with Gasteiger partial charge in [-0.1, -0.05) is 32.9 Å². The fraction of sp³-hybridized carbons (Fsp3) is 0.500. The number of nitrogens with two attached hydrogens (primary N) is 1. The second-order valence-electron chi connectivity index (χ2n) is 5.23. The molecule has 0 aliphatic carbocycles. The predicted molar refractivity (Wildman–Crippen MR) is 67.1 cm³/mol. The molecular weight excluding hydrogens is 238 g/mol. The molecule has 3 N–H and O–H groups in total. The summed E-state index contributed by atoms with van der Waals surface area (Å²) in [4.78, 5) is 0.120. The molecule has 0 aliphatic rings. The highest BCUT2D eigenvalue weighted by atomic mass is 32.2. The van der Waals surface area contributed by atoms with Crippen LogP contribution in [0.2, 0.25) is 0 Å². The van der Waals surface area contributed by atoms with E-state index in [1.807, 2.05) is 20.8 Å². The van der Waals surface area contributed by atoms with Gasteiger partial charge >= 0.3 is 0 Å². The Morgan fingerprint density at radius 3 is 2.18 bits per heavy atom. The summed E-state index contributed by atoms with van der Waals surface area (Å²) in [6.07, 6.45) is -0.634. The van der Waals surface area contributed by atoms with E-state index >= 15 is 0 Å². The van der Waals surface area contributed by atoms with Gasteiger partial charge < -0.3 is 5.11 Å². The Bertz CT molecular complexity index is 513. The quantitative estimate of drug-likeness (QED) is 0.846. The Morgan fingerprint density at radius 2 is 1.82 bits per heavy atom. The minimum Gasteiger partial charge on any atom is -0.389 e. The van der Waals surface area contributed by atoms with Crippen LogP contribution in [0, 0.1) is 0 Å². The van der Waals surface area contributed by atoms with Gasteiger partial charge in [0.1, 0.15) is 0 Å². The highest BCUT2D eigenvalue weighted by Gasteiger charge is 2.24. The Morgan fingerprint density at radius 1 is 1.29 bits per heavy atom. The van der Waals surface area contributed by atoms with Crippen molar-refractivity contribution >= 4 is 10.0 Å². The zero-order chi connectivity index (χ0) is 13.4. The maximum atomic E-state index is 11.5. The average Bonchev–Trinajstić information content (AvgIpc) is 2.14. The third-order valence-corrected chi connectivity index (χ3v) is 3.57. The third kappa shape index (κ3) is 3.28. The molecule has 0 saturated heterocycles. The van der Waals surface area contributed by atoms with Crippen molar-refractivity contribution in [2.24, 2.45) is 5.14 Å². The summed E-state index contributed by atoms with van der Waals surface area (Å²) >= 11 is 0. The summed E-state index contributed by atoms with van der Waals surface area (Å²) in [6.45, 7) is 7.35. The molecule has 1 aromatic carbocycles. The van der Waals surface area contributed by atoms with E-state index in [0.29, 0.717) is 11.1 Å². The molecule has 0 amide bonds. The summed E-state index contributed by atoms with van der Waals surface area (Å²) in [5.74, 6) is 0. The standard InChI is InChI=1S/C12H19NO3S/c1-8(14)9-5-6-11(17(13,15)16)10(7-9)12(2,3)4/h5-8,14H,1-4H3,(H2,13,15,16). The molecule has 1 unspecified atom stereocenters. The number of primary sulfonamides is 1. The van der Waals surface area contributed by atoms with Crippen LogP contribution >= 0.6 is 0 Å². The van der Waals surface area contributed by atoms with Crippen LogP contribution in [0.3, 0.4) is 0 Å². The summed E-state index contributed by atoms with van der Waals surface area (Å²) in [5.41, 5.74) is 0.952. The van der Waals surface area contributed by atoms with Crippen molar-refractivity contribution in [2.45, 2.75) is 44.1 Å². The highest BCUT2D eigenvalue weighted by molar-refractivity contribution is 7.89. The van der Waals surface area contributed by atoms with Gasteiger partial charge in [-0.25, -0.2) is 13.6 Å². The van der Waals surface area contributed by atoms with Gasteiger partial charge in [0.05, 0.1) is 11.0 Å². The van der Waals surface area contributed by atoms with Crippen molar-refractivity contribution in [1.82, 2.24) is 0 Å². The first-order valence-corrected chi connectivity index (χ1v) is 6.93. The molecular formula is C12H19NO3S. The van der Waals surface area contributed by atoms with Gasteiger partial charge in [0, 0.05) is 0 Å². The second-order valence-corrected chi connectivity index (χ2v) is 6.76. The number of hydrogen-bond donors (Lipinski definition) is 2. The molecule has 4 nitrogen and oxygen atoms in total. The van der Waals surface area contributed by atoms with Crippen LogP contribution in [-0.4, -0.2) is 13.5 Å². The van der Waals surface area contributed by atoms with Gasteiger partial charge in [0.15, 0.2) is 0 Å². The van der Waals surface area contributed by atoms with Crippen molar-refractivity contribution in [2.75, 3.05) is 0 Å². The zero-order valence-corrected chi connectivity index (χ0v) is 11.4. The number of hydrogen-bond acceptors (Lipinski definition) is 3. The highest BCUT2D eigenvalue weighted by Crippen LogP contribution is 2.30. The van der Waals surface area contributed by atoms with E-state index in [1.54, 1.807) is 19.1 Å². The van der Waals surface area contributed by atoms with E-state index < -0.39 is 16.1 Å². The molecule has 0 heterocycles. The van der Waals surface area contributed by atoms with Crippen molar-refractivity contribution in [3.05, 3.63) is 29.3 Å². The predicted octanol–water partition coefficient (Wildman–Crippen LogP) is 1.68. The molecule has 0 spiro atoms. The number of aliphatic hydroxyl groups is 1. The van der Waals surface area contributed by atoms with Crippen LogP contribution in [0.1, 0.15) is 44.9 Å². The Kier molecular flexibility index (Phi) is 3.66. The monoisotopic (exact) mass is 257 g/mol. The van der Waals surface area contributed by atoms with Crippen molar-refractivity contribution in [3.63, 3.8) is 0 Å². The van der Waals surface area contributed by atoms with Crippen molar-refractivity contribution in [1.29, 1.82) is 0 Å². The average molecular weight is 257 g/mol. The summed E-state index contributed by atoms with van der Waals surface area (Å²) in [7, 11) is -3.74. The third-order valence-electron chi connectivity index (χ3n) is 2.60. The second kappa shape index (κ2) is 4.40. The van der Waals surface area contributed by atoms with Crippen molar-refractivity contribution in [3.8, 4) is 0 Å². The van der Waals surface area contributed by atoms with E-state index in [1.165, 1.54) is 6.07 Å².